The molecule has 0 saturated carbocycles. The fourth-order valence-corrected chi connectivity index (χ4v) is 6.08. The molecular weight excluding hydrogens is 563 g/mol. The van der Waals surface area contributed by atoms with E-state index in [0.29, 0.717) is 11.3 Å². The molecule has 0 fully saturated rings. The summed E-state index contributed by atoms with van der Waals surface area (Å²) in [4.78, 5) is 28.4. The molecule has 0 bridgehead atoms. The Morgan fingerprint density at radius 1 is 0.974 bits per heavy atom. The van der Waals surface area contributed by atoms with Gasteiger partial charge in [0.15, 0.2) is 0 Å². The van der Waals surface area contributed by atoms with E-state index in [2.05, 4.69) is 15.0 Å². The summed E-state index contributed by atoms with van der Waals surface area (Å²) in [7, 11) is -4.17. The Labute approximate surface area is 238 Å². The minimum absolute atomic E-state index is 0.0120. The van der Waals surface area contributed by atoms with Gasteiger partial charge in [0.05, 0.1) is 0 Å². The molecule has 9 nitrogen and oxygen atoms in total. The van der Waals surface area contributed by atoms with E-state index in [1.807, 2.05) is 44.2 Å². The second kappa shape index (κ2) is 13.4. The van der Waals surface area contributed by atoms with Gasteiger partial charge in [-0.25, -0.2) is 4.98 Å². The minimum atomic E-state index is -4.17. The van der Waals surface area contributed by atoms with Crippen LogP contribution >= 0.6 is 23.2 Å². The molecule has 2 aromatic carbocycles. The second-order valence-electron chi connectivity index (χ2n) is 9.42. The highest BCUT2D eigenvalue weighted by atomic mass is 35.5. The molecule has 208 valence electrons. The predicted octanol–water partition coefficient (Wildman–Crippen LogP) is 5.19. The van der Waals surface area contributed by atoms with Crippen LogP contribution in [0.4, 0.5) is 5.69 Å². The lowest BCUT2D eigenvalue weighted by Gasteiger charge is -2.31. The molecule has 0 unspecified atom stereocenters. The lowest BCUT2D eigenvalue weighted by molar-refractivity contribution is -0.138. The van der Waals surface area contributed by atoms with Gasteiger partial charge in [-0.3, -0.25) is 9.59 Å². The van der Waals surface area contributed by atoms with Gasteiger partial charge in [0.2, 0.25) is 0 Å². The third-order valence-electron chi connectivity index (χ3n) is 5.83. The van der Waals surface area contributed by atoms with Crippen molar-refractivity contribution in [2.24, 2.45) is 5.92 Å². The number of hydrogen-bond acceptors (Lipinski definition) is 5. The number of carbonyl (C=O) groups is 2. The van der Waals surface area contributed by atoms with Crippen LogP contribution in [0.25, 0.3) is 0 Å². The number of nitrogens with zero attached hydrogens (tertiary/aromatic N) is 2. The van der Waals surface area contributed by atoms with E-state index < -0.39 is 34.2 Å². The van der Waals surface area contributed by atoms with Crippen LogP contribution in [0.1, 0.15) is 48.3 Å². The van der Waals surface area contributed by atoms with Gasteiger partial charge in [-0.2, -0.15) is 17.4 Å². The van der Waals surface area contributed by atoms with Gasteiger partial charge in [-0.15, -0.1) is 0 Å². The smallest absolute Gasteiger partial charge is 0.322 e. The number of amides is 1. The number of nitrogens with one attached hydrogen (secondary N) is 2. The number of pyridine rings is 1. The number of anilines is 1. The third-order valence-corrected chi connectivity index (χ3v) is 7.89. The number of carboxylic acids is 1. The van der Waals surface area contributed by atoms with E-state index >= 15 is 0 Å². The van der Waals surface area contributed by atoms with Crippen molar-refractivity contribution in [3.05, 3.63) is 93.7 Å². The number of halogens is 2. The summed E-state index contributed by atoms with van der Waals surface area (Å²) in [6.45, 7) is 5.77. The average molecular weight is 594 g/mol. The van der Waals surface area contributed by atoms with Crippen LogP contribution in [-0.4, -0.2) is 47.3 Å². The molecule has 0 spiro atoms. The number of aliphatic carboxylic acids is 1. The van der Waals surface area contributed by atoms with E-state index in [0.717, 1.165) is 5.56 Å². The average Bonchev–Trinajstić information content (AvgIpc) is 2.87. The molecule has 1 heterocycles. The van der Waals surface area contributed by atoms with E-state index in [1.165, 1.54) is 16.4 Å². The van der Waals surface area contributed by atoms with E-state index in [4.69, 9.17) is 23.2 Å². The maximum atomic E-state index is 13.4. The maximum absolute atomic E-state index is 13.4. The Kier molecular flexibility index (Phi) is 10.5. The van der Waals surface area contributed by atoms with Gasteiger partial charge in [0.25, 0.3) is 16.1 Å². The summed E-state index contributed by atoms with van der Waals surface area (Å²) < 4.78 is 30.5. The Bertz CT molecular complexity index is 1380. The summed E-state index contributed by atoms with van der Waals surface area (Å²) >= 11 is 11.7. The fraction of sp³-hybridized carbons (Fsp3) is 0.296. The summed E-state index contributed by atoms with van der Waals surface area (Å²) in [5.41, 5.74) is 2.02. The van der Waals surface area contributed by atoms with Crippen LogP contribution in [0, 0.1) is 5.92 Å². The van der Waals surface area contributed by atoms with Gasteiger partial charge < -0.3 is 10.4 Å². The Balaban J connectivity index is 1.74. The second-order valence-corrected chi connectivity index (χ2v) is 11.8. The van der Waals surface area contributed by atoms with E-state index in [-0.39, 0.29) is 34.8 Å². The van der Waals surface area contributed by atoms with Gasteiger partial charge in [-0.1, -0.05) is 79.5 Å². The molecule has 0 aliphatic rings. The molecule has 39 heavy (non-hydrogen) atoms. The third kappa shape index (κ3) is 8.74. The number of carbonyl (C=O) groups excluding carboxylic acids is 1. The molecular formula is C27H30Cl2N4O5S. The number of rotatable bonds is 12. The Morgan fingerprint density at radius 2 is 1.56 bits per heavy atom. The molecule has 2 atom stereocenters. The van der Waals surface area contributed by atoms with Crippen molar-refractivity contribution in [2.75, 3.05) is 11.9 Å². The SMILES string of the molecule is CC(C)CN([C@@H](C)c1ccccc1)S(=O)(=O)N[C@@H](Cc1ccc(NC(=O)c2cc(Cl)nc(Cl)c2)cc1)C(=O)O. The topological polar surface area (TPSA) is 129 Å². The summed E-state index contributed by atoms with van der Waals surface area (Å²) in [5, 5.41) is 12.7. The van der Waals surface area contributed by atoms with Crippen LogP contribution in [-0.2, 0) is 21.4 Å². The van der Waals surface area contributed by atoms with Crippen molar-refractivity contribution >= 4 is 51.0 Å². The highest BCUT2D eigenvalue weighted by Crippen LogP contribution is 2.24. The zero-order chi connectivity index (χ0) is 28.7. The molecule has 1 amide bonds. The van der Waals surface area contributed by atoms with Crippen molar-refractivity contribution in [3.8, 4) is 0 Å². The van der Waals surface area contributed by atoms with E-state index in [1.54, 1.807) is 31.2 Å². The van der Waals surface area contributed by atoms with Crippen LogP contribution in [0.15, 0.2) is 66.7 Å². The standard InChI is InChI=1S/C27H30Cl2N4O5S/c1-17(2)16-33(18(3)20-7-5-4-6-8-20)39(37,38)32-23(27(35)36)13-19-9-11-22(12-10-19)30-26(34)21-14-24(28)31-25(29)15-21/h4-12,14-15,17-18,23,32H,13,16H2,1-3H3,(H,30,34)(H,35,36)/t18-,23-/m0/s1. The van der Waals surface area contributed by atoms with Crippen molar-refractivity contribution in [2.45, 2.75) is 39.3 Å². The van der Waals surface area contributed by atoms with Gasteiger partial charge in [0, 0.05) is 23.8 Å². The highest BCUT2D eigenvalue weighted by molar-refractivity contribution is 7.87. The summed E-state index contributed by atoms with van der Waals surface area (Å²) in [6.07, 6.45) is -0.104. The minimum Gasteiger partial charge on any atom is -0.480 e. The van der Waals surface area contributed by atoms with Crippen molar-refractivity contribution in [1.82, 2.24) is 14.0 Å². The van der Waals surface area contributed by atoms with Crippen LogP contribution in [0.5, 0.6) is 0 Å². The first-order valence-corrected chi connectivity index (χ1v) is 14.4. The molecule has 3 rings (SSSR count). The van der Waals surface area contributed by atoms with Crippen LogP contribution in [0.2, 0.25) is 10.3 Å². The molecule has 3 aromatic rings. The molecule has 0 radical (unpaired) electrons. The first kappa shape index (κ1) is 30.5. The molecule has 12 heteroatoms. The lowest BCUT2D eigenvalue weighted by Crippen LogP contribution is -2.50. The molecule has 0 aliphatic heterocycles. The van der Waals surface area contributed by atoms with Crippen LogP contribution in [0.3, 0.4) is 0 Å². The molecule has 0 saturated heterocycles. The van der Waals surface area contributed by atoms with E-state index in [9.17, 15) is 23.1 Å². The van der Waals surface area contributed by atoms with Crippen LogP contribution < -0.4 is 10.0 Å². The first-order chi connectivity index (χ1) is 18.4. The number of carboxylic acid groups (broad SMARTS) is 1. The summed E-state index contributed by atoms with van der Waals surface area (Å²) in [6, 6.07) is 16.4. The normalized spacial score (nSPS) is 13.3. The Morgan fingerprint density at radius 3 is 2.10 bits per heavy atom. The predicted molar refractivity (Wildman–Crippen MR) is 152 cm³/mol. The number of aromatic nitrogens is 1. The van der Waals surface area contributed by atoms with Crippen molar-refractivity contribution in [1.29, 1.82) is 0 Å². The van der Waals surface area contributed by atoms with Gasteiger partial charge in [0.1, 0.15) is 16.3 Å². The first-order valence-electron chi connectivity index (χ1n) is 12.2. The lowest BCUT2D eigenvalue weighted by atomic mass is 10.1. The molecule has 0 aliphatic carbocycles. The van der Waals surface area contributed by atoms with Crippen molar-refractivity contribution < 1.29 is 23.1 Å². The number of benzene rings is 2. The zero-order valence-electron chi connectivity index (χ0n) is 21.6. The Hall–Kier alpha value is -3.02. The molecule has 1 aromatic heterocycles. The fourth-order valence-electron chi connectivity index (χ4n) is 3.91. The van der Waals surface area contributed by atoms with Crippen molar-refractivity contribution in [3.63, 3.8) is 0 Å². The summed E-state index contributed by atoms with van der Waals surface area (Å²) in [5.74, 6) is -1.75. The van der Waals surface area contributed by atoms with Gasteiger partial charge in [-0.05, 0) is 54.7 Å². The maximum Gasteiger partial charge on any atom is 0.322 e. The molecule has 3 N–H and O–H groups in total. The monoisotopic (exact) mass is 592 g/mol. The highest BCUT2D eigenvalue weighted by Gasteiger charge is 2.33. The largest absolute Gasteiger partial charge is 0.480 e. The van der Waals surface area contributed by atoms with Gasteiger partial charge >= 0.3 is 5.97 Å². The number of hydrogen-bond donors (Lipinski definition) is 3. The quantitative estimate of drug-likeness (QED) is 0.248. The zero-order valence-corrected chi connectivity index (χ0v) is 24.0.